The molecule has 0 fully saturated rings. The molecule has 0 saturated heterocycles. The first-order valence-electron chi connectivity index (χ1n) is 8.63. The third-order valence-corrected chi connectivity index (χ3v) is 5.09. The largest absolute Gasteiger partial charge is 0.358 e. The molecule has 0 bridgehead atoms. The molecule has 7 heteroatoms. The van der Waals surface area contributed by atoms with Crippen LogP contribution in [0, 0.1) is 0 Å². The number of amides is 1. The number of nitrogens with one attached hydrogen (secondary N) is 2. The molecule has 0 spiro atoms. The molecule has 0 radical (unpaired) electrons. The molecule has 1 aliphatic carbocycles. The fraction of sp³-hybridized carbons (Fsp3) is 0.300. The number of pyridine rings is 1. The smallest absolute Gasteiger partial charge is 0.255 e. The molecular formula is C20H24Cl2N4O. The van der Waals surface area contributed by atoms with Crippen molar-refractivity contribution in [1.29, 1.82) is 0 Å². The maximum Gasteiger partial charge on any atom is 0.255 e. The lowest BCUT2D eigenvalue weighted by atomic mass is 9.90. The molecule has 4 rings (SSSR count). The predicted molar refractivity (Wildman–Crippen MR) is 114 cm³/mol. The van der Waals surface area contributed by atoms with E-state index >= 15 is 0 Å². The maximum absolute atomic E-state index is 12.6. The van der Waals surface area contributed by atoms with Crippen LogP contribution >= 0.6 is 24.8 Å². The molecule has 27 heavy (non-hydrogen) atoms. The van der Waals surface area contributed by atoms with E-state index in [0.29, 0.717) is 11.6 Å². The number of aromatic nitrogens is 2. The highest BCUT2D eigenvalue weighted by Crippen LogP contribution is 2.31. The fourth-order valence-electron chi connectivity index (χ4n) is 3.62. The lowest BCUT2D eigenvalue weighted by Gasteiger charge is -2.28. The Kier molecular flexibility index (Phi) is 6.87. The number of H-pyrrole nitrogens is 1. The summed E-state index contributed by atoms with van der Waals surface area (Å²) >= 11 is 0. The summed E-state index contributed by atoms with van der Waals surface area (Å²) in [4.78, 5) is 22.4. The van der Waals surface area contributed by atoms with Gasteiger partial charge in [0.2, 0.25) is 0 Å². The molecular weight excluding hydrogens is 383 g/mol. The second kappa shape index (κ2) is 8.74. The lowest BCUT2D eigenvalue weighted by molar-refractivity contribution is 0.102. The van der Waals surface area contributed by atoms with Crippen LogP contribution in [-0.2, 0) is 12.8 Å². The van der Waals surface area contributed by atoms with Gasteiger partial charge in [0.1, 0.15) is 0 Å². The zero-order valence-electron chi connectivity index (χ0n) is 15.4. The number of hydrogen-bond donors (Lipinski definition) is 2. The molecule has 0 aliphatic heterocycles. The third kappa shape index (κ3) is 4.26. The van der Waals surface area contributed by atoms with E-state index < -0.39 is 0 Å². The van der Waals surface area contributed by atoms with Crippen LogP contribution in [0.5, 0.6) is 0 Å². The van der Waals surface area contributed by atoms with Gasteiger partial charge in [-0.05, 0) is 69.3 Å². The Morgan fingerprint density at radius 3 is 2.63 bits per heavy atom. The van der Waals surface area contributed by atoms with Gasteiger partial charge in [0.25, 0.3) is 5.91 Å². The summed E-state index contributed by atoms with van der Waals surface area (Å²) in [6, 6.07) is 10.0. The van der Waals surface area contributed by atoms with Crippen LogP contribution in [0.25, 0.3) is 10.9 Å². The number of hydrogen-bond acceptors (Lipinski definition) is 3. The van der Waals surface area contributed by atoms with Gasteiger partial charge in [-0.2, -0.15) is 0 Å². The average molecular weight is 407 g/mol. The zero-order chi connectivity index (χ0) is 17.4. The van der Waals surface area contributed by atoms with Gasteiger partial charge in [-0.1, -0.05) is 0 Å². The van der Waals surface area contributed by atoms with Crippen LogP contribution in [0.15, 0.2) is 42.7 Å². The first-order chi connectivity index (χ1) is 12.1. The van der Waals surface area contributed by atoms with E-state index in [9.17, 15) is 4.79 Å². The Labute approximate surface area is 171 Å². The second-order valence-electron chi connectivity index (χ2n) is 6.89. The molecule has 144 valence electrons. The maximum atomic E-state index is 12.6. The van der Waals surface area contributed by atoms with E-state index in [0.717, 1.165) is 24.0 Å². The number of rotatable bonds is 3. The van der Waals surface area contributed by atoms with Crippen molar-refractivity contribution in [3.05, 3.63) is 59.5 Å². The molecule has 2 heterocycles. The van der Waals surface area contributed by atoms with Crippen LogP contribution < -0.4 is 5.32 Å². The Bertz CT molecular complexity index is 924. The van der Waals surface area contributed by atoms with E-state index in [-0.39, 0.29) is 30.7 Å². The molecule has 1 aromatic carbocycles. The van der Waals surface area contributed by atoms with Crippen molar-refractivity contribution in [3.63, 3.8) is 0 Å². The monoisotopic (exact) mass is 406 g/mol. The molecule has 1 amide bonds. The second-order valence-corrected chi connectivity index (χ2v) is 6.89. The van der Waals surface area contributed by atoms with Gasteiger partial charge >= 0.3 is 0 Å². The highest BCUT2D eigenvalue weighted by molar-refractivity contribution is 6.06. The van der Waals surface area contributed by atoms with Crippen LogP contribution in [0.3, 0.4) is 0 Å². The van der Waals surface area contributed by atoms with Gasteiger partial charge in [0.05, 0.1) is 0 Å². The molecule has 3 aromatic rings. The number of halogens is 2. The number of carbonyl (C=O) groups is 1. The first kappa shape index (κ1) is 21.2. The SMILES string of the molecule is CN(C)C1CCc2[nH]c3ccc(C(=O)Nc4ccncc4)cc3c2C1.Cl.Cl. The average Bonchev–Trinajstić information content (AvgIpc) is 2.99. The van der Waals surface area contributed by atoms with E-state index in [1.807, 2.05) is 18.2 Å². The number of carbonyl (C=O) groups excluding carboxylic acids is 1. The Hall–Kier alpha value is -2.08. The standard InChI is InChI=1S/C20H22N4O.2ClH/c1-24(2)15-4-6-19-17(12-15)16-11-13(3-5-18(16)23-19)20(25)22-14-7-9-21-10-8-14;;/h3,5,7-11,15,23H,4,6,12H2,1-2H3,(H,21,22,25);2*1H. The van der Waals surface area contributed by atoms with E-state index in [1.54, 1.807) is 24.5 Å². The van der Waals surface area contributed by atoms with Crippen LogP contribution in [-0.4, -0.2) is 40.9 Å². The zero-order valence-corrected chi connectivity index (χ0v) is 17.0. The minimum atomic E-state index is -0.0944. The summed E-state index contributed by atoms with van der Waals surface area (Å²) in [5.41, 5.74) is 5.23. The first-order valence-corrected chi connectivity index (χ1v) is 8.63. The van der Waals surface area contributed by atoms with Crippen molar-refractivity contribution in [2.75, 3.05) is 19.4 Å². The van der Waals surface area contributed by atoms with Crippen molar-refractivity contribution in [2.24, 2.45) is 0 Å². The number of aromatic amines is 1. The molecule has 0 saturated carbocycles. The summed E-state index contributed by atoms with van der Waals surface area (Å²) in [5, 5.41) is 4.10. The van der Waals surface area contributed by atoms with Gasteiger partial charge < -0.3 is 15.2 Å². The van der Waals surface area contributed by atoms with Crippen molar-refractivity contribution in [2.45, 2.75) is 25.3 Å². The van der Waals surface area contributed by atoms with Crippen LogP contribution in [0.4, 0.5) is 5.69 Å². The van der Waals surface area contributed by atoms with Gasteiger partial charge in [-0.15, -0.1) is 24.8 Å². The number of aryl methyl sites for hydroxylation is 1. The molecule has 1 atom stereocenters. The minimum Gasteiger partial charge on any atom is -0.358 e. The highest BCUT2D eigenvalue weighted by atomic mass is 35.5. The summed E-state index contributed by atoms with van der Waals surface area (Å²) in [6.07, 6.45) is 6.59. The summed E-state index contributed by atoms with van der Waals surface area (Å²) in [5.74, 6) is -0.0944. The number of likely N-dealkylation sites (N-methyl/N-ethyl adjacent to an activating group) is 1. The molecule has 1 unspecified atom stereocenters. The summed E-state index contributed by atoms with van der Waals surface area (Å²) < 4.78 is 0. The topological polar surface area (TPSA) is 61.0 Å². The normalized spacial score (nSPS) is 15.6. The molecule has 2 aromatic heterocycles. The van der Waals surface area contributed by atoms with Gasteiger partial charge in [-0.3, -0.25) is 9.78 Å². The lowest BCUT2D eigenvalue weighted by Crippen LogP contribution is -2.33. The van der Waals surface area contributed by atoms with E-state index in [2.05, 4.69) is 34.3 Å². The fourth-order valence-corrected chi connectivity index (χ4v) is 3.62. The summed E-state index contributed by atoms with van der Waals surface area (Å²) in [6.45, 7) is 0. The van der Waals surface area contributed by atoms with E-state index in [4.69, 9.17) is 0 Å². The van der Waals surface area contributed by atoms with Crippen molar-refractivity contribution >= 4 is 47.3 Å². The van der Waals surface area contributed by atoms with Gasteiger partial charge in [-0.25, -0.2) is 0 Å². The quantitative estimate of drug-likeness (QED) is 0.688. The predicted octanol–water partition coefficient (Wildman–Crippen LogP) is 4.08. The minimum absolute atomic E-state index is 0. The van der Waals surface area contributed by atoms with Gasteiger partial charge in [0, 0.05) is 46.3 Å². The molecule has 5 nitrogen and oxygen atoms in total. The van der Waals surface area contributed by atoms with Crippen LogP contribution in [0.1, 0.15) is 28.0 Å². The Balaban J connectivity index is 0.00000131. The Morgan fingerprint density at radius 2 is 1.93 bits per heavy atom. The van der Waals surface area contributed by atoms with Crippen molar-refractivity contribution in [3.8, 4) is 0 Å². The van der Waals surface area contributed by atoms with Gasteiger partial charge in [0.15, 0.2) is 0 Å². The number of nitrogens with zero attached hydrogens (tertiary/aromatic N) is 2. The van der Waals surface area contributed by atoms with E-state index in [1.165, 1.54) is 23.1 Å². The number of fused-ring (bicyclic) bond motifs is 3. The van der Waals surface area contributed by atoms with Crippen molar-refractivity contribution < 1.29 is 4.79 Å². The third-order valence-electron chi connectivity index (χ3n) is 5.09. The van der Waals surface area contributed by atoms with Crippen LogP contribution in [0.2, 0.25) is 0 Å². The van der Waals surface area contributed by atoms with Crippen molar-refractivity contribution in [1.82, 2.24) is 14.9 Å². The molecule has 2 N–H and O–H groups in total. The number of benzene rings is 1. The molecule has 1 aliphatic rings. The summed E-state index contributed by atoms with van der Waals surface area (Å²) in [7, 11) is 4.27. The Morgan fingerprint density at radius 1 is 1.19 bits per heavy atom. The highest BCUT2D eigenvalue weighted by Gasteiger charge is 2.24. The number of anilines is 1.